The van der Waals surface area contributed by atoms with Crippen molar-refractivity contribution < 1.29 is 4.79 Å². The molecule has 0 radical (unpaired) electrons. The molecule has 4 rings (SSSR count). The lowest BCUT2D eigenvalue weighted by atomic mass is 10.1. The molecule has 2 unspecified atom stereocenters. The van der Waals surface area contributed by atoms with Crippen LogP contribution >= 0.6 is 11.8 Å². The fourth-order valence-corrected chi connectivity index (χ4v) is 4.18. The van der Waals surface area contributed by atoms with Gasteiger partial charge in [-0.05, 0) is 43.7 Å². The monoisotopic (exact) mass is 429 g/mol. The minimum atomic E-state index is -0.354. The number of aromatic nitrogens is 4. The topological polar surface area (TPSA) is 72.7 Å². The van der Waals surface area contributed by atoms with Crippen molar-refractivity contribution in [3.8, 4) is 11.4 Å². The van der Waals surface area contributed by atoms with Crippen LogP contribution in [-0.4, -0.2) is 30.9 Å². The second-order valence-electron chi connectivity index (χ2n) is 7.12. The van der Waals surface area contributed by atoms with Crippen LogP contribution in [0.2, 0.25) is 0 Å². The number of hydrogen-bond donors (Lipinski definition) is 1. The molecular formula is C24H23N5OS. The lowest BCUT2D eigenvalue weighted by molar-refractivity contribution is -0.115. The van der Waals surface area contributed by atoms with E-state index in [2.05, 4.69) is 44.1 Å². The molecule has 2 heterocycles. The van der Waals surface area contributed by atoms with E-state index in [1.807, 2.05) is 67.6 Å². The molecule has 156 valence electrons. The molecule has 0 aliphatic rings. The molecule has 0 saturated heterocycles. The van der Waals surface area contributed by atoms with Crippen molar-refractivity contribution in [1.82, 2.24) is 19.7 Å². The Bertz CT molecular complexity index is 1130. The van der Waals surface area contributed by atoms with Gasteiger partial charge >= 0.3 is 0 Å². The summed E-state index contributed by atoms with van der Waals surface area (Å²) in [4.78, 5) is 17.0. The predicted molar refractivity (Wildman–Crippen MR) is 124 cm³/mol. The normalized spacial score (nSPS) is 12.8. The highest BCUT2D eigenvalue weighted by Gasteiger charge is 2.24. The van der Waals surface area contributed by atoms with Gasteiger partial charge in [0.1, 0.15) is 0 Å². The Morgan fingerprint density at radius 2 is 1.65 bits per heavy atom. The van der Waals surface area contributed by atoms with Crippen LogP contribution in [0, 0.1) is 0 Å². The van der Waals surface area contributed by atoms with Crippen molar-refractivity contribution in [2.75, 3.05) is 5.32 Å². The Morgan fingerprint density at radius 1 is 0.935 bits per heavy atom. The van der Waals surface area contributed by atoms with E-state index in [4.69, 9.17) is 0 Å². The maximum atomic E-state index is 12.7. The Balaban J connectivity index is 1.64. The van der Waals surface area contributed by atoms with Crippen molar-refractivity contribution in [2.45, 2.75) is 30.3 Å². The molecule has 0 aliphatic carbocycles. The number of amides is 1. The molecule has 2 aromatic carbocycles. The smallest absolute Gasteiger partial charge is 0.237 e. The number of para-hydroxylation sites is 1. The van der Waals surface area contributed by atoms with Crippen molar-refractivity contribution >= 4 is 23.4 Å². The number of hydrogen-bond acceptors (Lipinski definition) is 5. The number of nitrogens with zero attached hydrogens (tertiary/aromatic N) is 4. The molecule has 0 aliphatic heterocycles. The first-order chi connectivity index (χ1) is 15.1. The van der Waals surface area contributed by atoms with Gasteiger partial charge in [-0.1, -0.05) is 60.3 Å². The van der Waals surface area contributed by atoms with Crippen LogP contribution < -0.4 is 5.32 Å². The van der Waals surface area contributed by atoms with E-state index < -0.39 is 0 Å². The summed E-state index contributed by atoms with van der Waals surface area (Å²) in [5.41, 5.74) is 2.79. The van der Waals surface area contributed by atoms with E-state index in [0.29, 0.717) is 5.16 Å². The van der Waals surface area contributed by atoms with Crippen molar-refractivity contribution in [3.05, 3.63) is 90.8 Å². The van der Waals surface area contributed by atoms with Crippen LogP contribution in [0.15, 0.2) is 90.3 Å². The third-order valence-corrected chi connectivity index (χ3v) is 6.00. The lowest BCUT2D eigenvalue weighted by Crippen LogP contribution is -2.23. The van der Waals surface area contributed by atoms with Gasteiger partial charge in [0, 0.05) is 23.6 Å². The van der Waals surface area contributed by atoms with Gasteiger partial charge in [0.25, 0.3) is 0 Å². The summed E-state index contributed by atoms with van der Waals surface area (Å²) in [5.74, 6) is 0.642. The van der Waals surface area contributed by atoms with Gasteiger partial charge in [-0.3, -0.25) is 14.3 Å². The minimum Gasteiger partial charge on any atom is -0.325 e. The molecule has 6 nitrogen and oxygen atoms in total. The van der Waals surface area contributed by atoms with Gasteiger partial charge in [0.05, 0.1) is 11.3 Å². The van der Waals surface area contributed by atoms with Crippen LogP contribution in [0.25, 0.3) is 11.4 Å². The summed E-state index contributed by atoms with van der Waals surface area (Å²) in [6.07, 6.45) is 3.51. The quantitative estimate of drug-likeness (QED) is 0.415. The largest absolute Gasteiger partial charge is 0.325 e. The number of thioether (sulfide) groups is 1. The van der Waals surface area contributed by atoms with E-state index in [9.17, 15) is 4.79 Å². The van der Waals surface area contributed by atoms with E-state index >= 15 is 0 Å². The van der Waals surface area contributed by atoms with Crippen LogP contribution in [0.4, 0.5) is 5.69 Å². The third-order valence-electron chi connectivity index (χ3n) is 4.95. The number of anilines is 1. The number of benzene rings is 2. The molecular weight excluding hydrogens is 406 g/mol. The van der Waals surface area contributed by atoms with Gasteiger partial charge in [0.2, 0.25) is 5.91 Å². The first-order valence-electron chi connectivity index (χ1n) is 10.1. The van der Waals surface area contributed by atoms with E-state index in [1.54, 1.807) is 12.4 Å². The molecule has 0 bridgehead atoms. The van der Waals surface area contributed by atoms with Crippen LogP contribution in [0.3, 0.4) is 0 Å². The fourth-order valence-electron chi connectivity index (χ4n) is 3.26. The Morgan fingerprint density at radius 3 is 2.32 bits per heavy atom. The average molecular weight is 430 g/mol. The van der Waals surface area contributed by atoms with Crippen molar-refractivity contribution in [3.63, 3.8) is 0 Å². The van der Waals surface area contributed by atoms with Crippen LogP contribution in [0.1, 0.15) is 25.5 Å². The zero-order valence-electron chi connectivity index (χ0n) is 17.3. The standard InChI is InChI=1S/C24H23N5OS/c1-17(19-10-5-3-6-11-19)29-22(20-12-9-15-25-16-20)27-28-24(29)31-18(2)23(30)26-21-13-7-4-8-14-21/h3-18H,1-2H3,(H,26,30). The molecule has 31 heavy (non-hydrogen) atoms. The summed E-state index contributed by atoms with van der Waals surface area (Å²) in [5, 5.41) is 12.2. The maximum Gasteiger partial charge on any atom is 0.237 e. The average Bonchev–Trinajstić information content (AvgIpc) is 3.23. The maximum absolute atomic E-state index is 12.7. The first-order valence-corrected chi connectivity index (χ1v) is 10.9. The molecule has 2 atom stereocenters. The van der Waals surface area contributed by atoms with Crippen LogP contribution in [0.5, 0.6) is 0 Å². The molecule has 0 spiro atoms. The SMILES string of the molecule is CC(Sc1nnc(-c2cccnc2)n1C(C)c1ccccc1)C(=O)Nc1ccccc1. The lowest BCUT2D eigenvalue weighted by Gasteiger charge is -2.19. The number of nitrogens with one attached hydrogen (secondary N) is 1. The summed E-state index contributed by atoms with van der Waals surface area (Å²) in [7, 11) is 0. The summed E-state index contributed by atoms with van der Waals surface area (Å²) in [6, 6.07) is 23.5. The second-order valence-corrected chi connectivity index (χ2v) is 8.43. The molecule has 1 amide bonds. The Kier molecular flexibility index (Phi) is 6.43. The summed E-state index contributed by atoms with van der Waals surface area (Å²) in [6.45, 7) is 3.98. The summed E-state index contributed by atoms with van der Waals surface area (Å²) < 4.78 is 2.07. The molecule has 2 aromatic heterocycles. The van der Waals surface area contributed by atoms with Gasteiger partial charge in [-0.2, -0.15) is 0 Å². The molecule has 7 heteroatoms. The van der Waals surface area contributed by atoms with Crippen LogP contribution in [-0.2, 0) is 4.79 Å². The fraction of sp³-hybridized carbons (Fsp3) is 0.167. The molecule has 0 saturated carbocycles. The number of pyridine rings is 1. The predicted octanol–water partition coefficient (Wildman–Crippen LogP) is 5.07. The third kappa shape index (κ3) is 4.83. The number of rotatable bonds is 7. The molecule has 0 fully saturated rings. The van der Waals surface area contributed by atoms with Gasteiger partial charge in [-0.25, -0.2) is 0 Å². The number of carbonyl (C=O) groups excluding carboxylic acids is 1. The Hall–Kier alpha value is -3.45. The van der Waals surface area contributed by atoms with Gasteiger partial charge < -0.3 is 5.32 Å². The van der Waals surface area contributed by atoms with E-state index in [0.717, 1.165) is 22.6 Å². The highest BCUT2D eigenvalue weighted by molar-refractivity contribution is 8.00. The van der Waals surface area contributed by atoms with E-state index in [1.165, 1.54) is 11.8 Å². The first kappa shape index (κ1) is 20.8. The summed E-state index contributed by atoms with van der Waals surface area (Å²) >= 11 is 1.39. The highest BCUT2D eigenvalue weighted by Crippen LogP contribution is 2.32. The zero-order chi connectivity index (χ0) is 21.6. The van der Waals surface area contributed by atoms with Gasteiger partial charge in [0.15, 0.2) is 11.0 Å². The van der Waals surface area contributed by atoms with Crippen molar-refractivity contribution in [2.24, 2.45) is 0 Å². The molecule has 4 aromatic rings. The second kappa shape index (κ2) is 9.57. The van der Waals surface area contributed by atoms with E-state index in [-0.39, 0.29) is 17.2 Å². The minimum absolute atomic E-state index is 0.0155. The molecule has 1 N–H and O–H groups in total. The highest BCUT2D eigenvalue weighted by atomic mass is 32.2. The zero-order valence-corrected chi connectivity index (χ0v) is 18.2. The number of carbonyl (C=O) groups is 1. The van der Waals surface area contributed by atoms with Gasteiger partial charge in [-0.15, -0.1) is 10.2 Å². The Labute approximate surface area is 185 Å². The van der Waals surface area contributed by atoms with Crippen molar-refractivity contribution in [1.29, 1.82) is 0 Å².